The molecule has 0 bridgehead atoms. The van der Waals surface area contributed by atoms with Crippen LogP contribution >= 0.6 is 11.3 Å². The second-order valence-electron chi connectivity index (χ2n) is 8.67. The van der Waals surface area contributed by atoms with Gasteiger partial charge in [0, 0.05) is 50.9 Å². The third kappa shape index (κ3) is 3.46. The van der Waals surface area contributed by atoms with Gasteiger partial charge in [0.25, 0.3) is 5.91 Å². The van der Waals surface area contributed by atoms with Crippen LogP contribution in [0.4, 0.5) is 0 Å². The minimum absolute atomic E-state index is 0.192. The first-order chi connectivity index (χ1) is 13.3. The van der Waals surface area contributed by atoms with E-state index in [1.807, 2.05) is 21.7 Å². The lowest BCUT2D eigenvalue weighted by atomic mass is 9.73. The van der Waals surface area contributed by atoms with Crippen LogP contribution in [0.25, 0.3) is 0 Å². The Hall–Kier alpha value is -0.950. The van der Waals surface area contributed by atoms with E-state index in [0.717, 1.165) is 76.6 Å². The lowest BCUT2D eigenvalue weighted by Gasteiger charge is -2.63. The summed E-state index contributed by atoms with van der Waals surface area (Å²) in [7, 11) is 0. The first kappa shape index (κ1) is 18.1. The van der Waals surface area contributed by atoms with Crippen LogP contribution in [0.15, 0.2) is 16.8 Å². The van der Waals surface area contributed by atoms with E-state index < -0.39 is 0 Å². The van der Waals surface area contributed by atoms with E-state index in [9.17, 15) is 4.79 Å². The number of nitrogens with zero attached hydrogens (tertiary/aromatic N) is 2. The van der Waals surface area contributed by atoms with Gasteiger partial charge in [0.1, 0.15) is 0 Å². The maximum Gasteiger partial charge on any atom is 0.254 e. The van der Waals surface area contributed by atoms with Crippen molar-refractivity contribution in [1.29, 1.82) is 0 Å². The quantitative estimate of drug-likeness (QED) is 0.775. The van der Waals surface area contributed by atoms with Gasteiger partial charge < -0.3 is 14.4 Å². The molecule has 148 valence electrons. The van der Waals surface area contributed by atoms with Gasteiger partial charge in [-0.3, -0.25) is 9.69 Å². The van der Waals surface area contributed by atoms with Crippen LogP contribution in [-0.2, 0) is 9.47 Å². The zero-order valence-electron chi connectivity index (χ0n) is 16.0. The topological polar surface area (TPSA) is 42.0 Å². The highest BCUT2D eigenvalue weighted by molar-refractivity contribution is 7.08. The lowest BCUT2D eigenvalue weighted by molar-refractivity contribution is -0.217. The summed E-state index contributed by atoms with van der Waals surface area (Å²) in [5.74, 6) is 1.02. The molecule has 4 aliphatic rings. The van der Waals surface area contributed by atoms with Gasteiger partial charge in [0.05, 0.1) is 17.2 Å². The molecule has 3 aliphatic heterocycles. The molecule has 1 atom stereocenters. The summed E-state index contributed by atoms with van der Waals surface area (Å²) >= 11 is 1.59. The monoisotopic (exact) mass is 390 g/mol. The second-order valence-corrected chi connectivity index (χ2v) is 9.45. The van der Waals surface area contributed by atoms with Crippen LogP contribution in [0.2, 0.25) is 0 Å². The fourth-order valence-electron chi connectivity index (χ4n) is 5.14. The van der Waals surface area contributed by atoms with Crippen molar-refractivity contribution >= 4 is 17.2 Å². The molecule has 1 aromatic rings. The van der Waals surface area contributed by atoms with Gasteiger partial charge in [-0.2, -0.15) is 11.3 Å². The molecule has 27 heavy (non-hydrogen) atoms. The van der Waals surface area contributed by atoms with Crippen LogP contribution in [0, 0.1) is 5.92 Å². The predicted octanol–water partition coefficient (Wildman–Crippen LogP) is 3.01. The molecule has 5 rings (SSSR count). The maximum absolute atomic E-state index is 12.6. The van der Waals surface area contributed by atoms with Crippen molar-refractivity contribution in [2.45, 2.75) is 56.2 Å². The molecule has 0 radical (unpaired) electrons. The standard InChI is InChI=1S/C21H30N2O3S/c24-20(17-5-12-27-15-17)22-8-3-18(4-9-22)23-13-19(26-14-16-1-2-16)21(23)6-10-25-11-7-21/h5,12,15-16,18-19H,1-4,6-11,13-14H2. The Morgan fingerprint density at radius 1 is 1.22 bits per heavy atom. The molecule has 1 aliphatic carbocycles. The number of ether oxygens (including phenoxy) is 2. The van der Waals surface area contributed by atoms with E-state index in [-0.39, 0.29) is 11.4 Å². The van der Waals surface area contributed by atoms with E-state index in [2.05, 4.69) is 4.90 Å². The van der Waals surface area contributed by atoms with Gasteiger partial charge in [0.2, 0.25) is 0 Å². The molecule has 1 amide bonds. The Morgan fingerprint density at radius 2 is 2.00 bits per heavy atom. The second kappa shape index (κ2) is 7.47. The number of hydrogen-bond donors (Lipinski definition) is 0. The molecule has 0 N–H and O–H groups in total. The molecule has 1 aromatic heterocycles. The Morgan fingerprint density at radius 3 is 2.67 bits per heavy atom. The van der Waals surface area contributed by atoms with Gasteiger partial charge in [0.15, 0.2) is 0 Å². The number of hydrogen-bond acceptors (Lipinski definition) is 5. The number of thiophene rings is 1. The molecule has 6 heteroatoms. The molecular weight excluding hydrogens is 360 g/mol. The molecule has 0 aromatic carbocycles. The highest BCUT2D eigenvalue weighted by Crippen LogP contribution is 2.45. The number of amides is 1. The summed E-state index contributed by atoms with van der Waals surface area (Å²) in [6.45, 7) is 5.47. The van der Waals surface area contributed by atoms with Crippen molar-refractivity contribution in [3.63, 3.8) is 0 Å². The average molecular weight is 391 g/mol. The maximum atomic E-state index is 12.6. The van der Waals surface area contributed by atoms with Crippen molar-refractivity contribution < 1.29 is 14.3 Å². The molecular formula is C21H30N2O3S. The predicted molar refractivity (Wildman–Crippen MR) is 105 cm³/mol. The van der Waals surface area contributed by atoms with Crippen LogP contribution in [0.3, 0.4) is 0 Å². The van der Waals surface area contributed by atoms with E-state index in [4.69, 9.17) is 9.47 Å². The van der Waals surface area contributed by atoms with Crippen LogP contribution in [-0.4, -0.2) is 72.8 Å². The van der Waals surface area contributed by atoms with Crippen LogP contribution in [0.1, 0.15) is 48.9 Å². The minimum atomic E-state index is 0.192. The summed E-state index contributed by atoms with van der Waals surface area (Å²) in [5, 5.41) is 3.94. The molecule has 3 saturated heterocycles. The summed E-state index contributed by atoms with van der Waals surface area (Å²) in [6.07, 6.45) is 7.42. The highest BCUT2D eigenvalue weighted by atomic mass is 32.1. The summed E-state index contributed by atoms with van der Waals surface area (Å²) < 4.78 is 12.0. The summed E-state index contributed by atoms with van der Waals surface area (Å²) in [6, 6.07) is 2.52. The normalized spacial score (nSPS) is 29.0. The zero-order chi connectivity index (χ0) is 18.3. The van der Waals surface area contributed by atoms with E-state index in [0.29, 0.717) is 12.1 Å². The molecule has 1 unspecified atom stereocenters. The molecule has 1 saturated carbocycles. The third-order valence-corrected chi connectivity index (χ3v) is 7.77. The van der Waals surface area contributed by atoms with Crippen LogP contribution in [0.5, 0.6) is 0 Å². The molecule has 1 spiro atoms. The van der Waals surface area contributed by atoms with Gasteiger partial charge in [-0.05, 0) is 55.9 Å². The summed E-state index contributed by atoms with van der Waals surface area (Å²) in [5.41, 5.74) is 1.04. The first-order valence-electron chi connectivity index (χ1n) is 10.5. The smallest absolute Gasteiger partial charge is 0.254 e. The highest BCUT2D eigenvalue weighted by Gasteiger charge is 2.57. The number of rotatable bonds is 5. The molecule has 5 nitrogen and oxygen atoms in total. The third-order valence-electron chi connectivity index (χ3n) is 7.08. The SMILES string of the molecule is O=C(c1ccsc1)N1CCC(N2CC(OCC3CC3)C23CCOCC3)CC1. The molecule has 4 heterocycles. The first-order valence-corrected chi connectivity index (χ1v) is 11.5. The van der Waals surface area contributed by atoms with Crippen LogP contribution < -0.4 is 0 Å². The van der Waals surface area contributed by atoms with Crippen molar-refractivity contribution in [2.24, 2.45) is 5.92 Å². The fourth-order valence-corrected chi connectivity index (χ4v) is 5.77. The number of carbonyl (C=O) groups is 1. The lowest BCUT2D eigenvalue weighted by Crippen LogP contribution is -2.76. The van der Waals surface area contributed by atoms with Gasteiger partial charge in [-0.25, -0.2) is 0 Å². The molecule has 4 fully saturated rings. The van der Waals surface area contributed by atoms with Crippen molar-refractivity contribution in [3.8, 4) is 0 Å². The van der Waals surface area contributed by atoms with E-state index >= 15 is 0 Å². The van der Waals surface area contributed by atoms with Crippen molar-refractivity contribution in [3.05, 3.63) is 22.4 Å². The van der Waals surface area contributed by atoms with Gasteiger partial charge in [-0.1, -0.05) is 0 Å². The number of carbonyl (C=O) groups excluding carboxylic acids is 1. The largest absolute Gasteiger partial charge is 0.381 e. The van der Waals surface area contributed by atoms with Crippen molar-refractivity contribution in [1.82, 2.24) is 9.80 Å². The Bertz CT molecular complexity index is 646. The minimum Gasteiger partial charge on any atom is -0.381 e. The number of piperidine rings is 1. The Balaban J connectivity index is 1.20. The number of likely N-dealkylation sites (tertiary alicyclic amines) is 2. The van der Waals surface area contributed by atoms with E-state index in [1.54, 1.807) is 11.3 Å². The Labute approximate surface area is 165 Å². The van der Waals surface area contributed by atoms with Crippen molar-refractivity contribution in [2.75, 3.05) is 39.5 Å². The van der Waals surface area contributed by atoms with Gasteiger partial charge >= 0.3 is 0 Å². The zero-order valence-corrected chi connectivity index (χ0v) is 16.8. The van der Waals surface area contributed by atoms with Gasteiger partial charge in [-0.15, -0.1) is 0 Å². The Kier molecular flexibility index (Phi) is 5.01. The summed E-state index contributed by atoms with van der Waals surface area (Å²) in [4.78, 5) is 17.4. The van der Waals surface area contributed by atoms with E-state index in [1.165, 1.54) is 12.8 Å². The average Bonchev–Trinajstić information content (AvgIpc) is 3.38. The fraction of sp³-hybridized carbons (Fsp3) is 0.762.